The molecule has 180 valence electrons. The van der Waals surface area contributed by atoms with Crippen LogP contribution in [0.4, 0.5) is 11.5 Å². The minimum Gasteiger partial charge on any atom is -0.487 e. The largest absolute Gasteiger partial charge is 0.487 e. The van der Waals surface area contributed by atoms with Crippen LogP contribution in [0.2, 0.25) is 5.02 Å². The fourth-order valence-electron chi connectivity index (χ4n) is 4.46. The molecule has 0 spiro atoms. The molecular weight excluding hydrogens is 466 g/mol. The smallest absolute Gasteiger partial charge is 0.245 e. The Kier molecular flexibility index (Phi) is 6.41. The van der Waals surface area contributed by atoms with E-state index in [0.29, 0.717) is 42.2 Å². The van der Waals surface area contributed by atoms with E-state index in [2.05, 4.69) is 37.0 Å². The van der Waals surface area contributed by atoms with Gasteiger partial charge in [0.25, 0.3) is 0 Å². The molecule has 1 saturated heterocycles. The van der Waals surface area contributed by atoms with Crippen LogP contribution in [0.15, 0.2) is 49.6 Å². The maximum atomic E-state index is 11.9. The number of likely N-dealkylation sites (tertiary alicyclic amines) is 1. The third kappa shape index (κ3) is 4.72. The maximum absolute atomic E-state index is 11.9. The summed E-state index contributed by atoms with van der Waals surface area (Å²) in [6.07, 6.45) is 8.46. The number of nitrogens with zero attached hydrogens (tertiary/aromatic N) is 4. The van der Waals surface area contributed by atoms with Crippen LogP contribution >= 0.6 is 11.6 Å². The molecule has 3 N–H and O–H groups in total. The molecular formula is C25H26ClN7O2. The summed E-state index contributed by atoms with van der Waals surface area (Å²) in [5.41, 5.74) is 4.58. The Balaban J connectivity index is 1.34. The van der Waals surface area contributed by atoms with Gasteiger partial charge in [0.15, 0.2) is 0 Å². The number of benzene rings is 1. The van der Waals surface area contributed by atoms with Crippen molar-refractivity contribution in [3.8, 4) is 5.75 Å². The Bertz CT molecular complexity index is 1370. The molecule has 0 aliphatic carbocycles. The van der Waals surface area contributed by atoms with Gasteiger partial charge < -0.3 is 19.9 Å². The molecule has 0 saturated carbocycles. The summed E-state index contributed by atoms with van der Waals surface area (Å²) in [7, 11) is 0. The molecule has 0 bridgehead atoms. The monoisotopic (exact) mass is 491 g/mol. The Morgan fingerprint density at radius 3 is 2.86 bits per heavy atom. The lowest BCUT2D eigenvalue weighted by molar-refractivity contribution is -0.127. The van der Waals surface area contributed by atoms with Crippen molar-refractivity contribution in [2.45, 2.75) is 32.3 Å². The zero-order chi connectivity index (χ0) is 24.4. The molecule has 0 unspecified atom stereocenters. The molecule has 0 radical (unpaired) electrons. The van der Waals surface area contributed by atoms with E-state index < -0.39 is 0 Å². The van der Waals surface area contributed by atoms with Crippen molar-refractivity contribution in [3.05, 3.63) is 71.4 Å². The number of H-pyrrole nitrogens is 2. The molecule has 1 aromatic carbocycles. The van der Waals surface area contributed by atoms with Crippen LogP contribution in [0.25, 0.3) is 11.0 Å². The molecule has 1 amide bonds. The van der Waals surface area contributed by atoms with E-state index in [4.69, 9.17) is 16.3 Å². The number of hydrogen-bond acceptors (Lipinski definition) is 6. The average molecular weight is 492 g/mol. The van der Waals surface area contributed by atoms with E-state index >= 15 is 0 Å². The number of ether oxygens (including phenoxy) is 1. The molecule has 0 atom stereocenters. The predicted molar refractivity (Wildman–Crippen MR) is 135 cm³/mol. The molecule has 9 nitrogen and oxygen atoms in total. The molecule has 4 heterocycles. The average Bonchev–Trinajstić information content (AvgIpc) is 3.50. The maximum Gasteiger partial charge on any atom is 0.245 e. The second kappa shape index (κ2) is 9.79. The molecule has 1 aliphatic heterocycles. The summed E-state index contributed by atoms with van der Waals surface area (Å²) in [5, 5.41) is 11.8. The number of anilines is 2. The third-order valence-electron chi connectivity index (χ3n) is 6.43. The topological polar surface area (TPSA) is 112 Å². The number of fused-ring (bicyclic) bond motifs is 1. The van der Waals surface area contributed by atoms with Gasteiger partial charge in [-0.25, -0.2) is 9.97 Å². The van der Waals surface area contributed by atoms with Crippen LogP contribution < -0.4 is 10.1 Å². The number of halogens is 1. The van der Waals surface area contributed by atoms with E-state index in [1.807, 2.05) is 42.4 Å². The van der Waals surface area contributed by atoms with Gasteiger partial charge in [-0.1, -0.05) is 18.2 Å². The summed E-state index contributed by atoms with van der Waals surface area (Å²) < 4.78 is 5.87. The summed E-state index contributed by atoms with van der Waals surface area (Å²) >= 11 is 6.51. The SMILES string of the molecule is C=CC(=O)N1CCC(c2c[nH]c3ncnc(Nc4ccc(OCc5c[nH]nc5C)c(Cl)c4)c23)CC1. The second-order valence-corrected chi connectivity index (χ2v) is 8.96. The van der Waals surface area contributed by atoms with Crippen LogP contribution in [0.3, 0.4) is 0 Å². The first-order valence-electron chi connectivity index (χ1n) is 11.5. The normalized spacial score (nSPS) is 14.3. The highest BCUT2D eigenvalue weighted by atomic mass is 35.5. The van der Waals surface area contributed by atoms with E-state index in [1.165, 1.54) is 12.4 Å². The number of piperidine rings is 1. The zero-order valence-electron chi connectivity index (χ0n) is 19.3. The number of aryl methyl sites for hydroxylation is 1. The highest BCUT2D eigenvalue weighted by molar-refractivity contribution is 6.32. The lowest BCUT2D eigenvalue weighted by Gasteiger charge is -2.31. The Morgan fingerprint density at radius 1 is 1.31 bits per heavy atom. The Labute approximate surface area is 207 Å². The lowest BCUT2D eigenvalue weighted by atomic mass is 9.89. The van der Waals surface area contributed by atoms with Crippen molar-refractivity contribution in [2.75, 3.05) is 18.4 Å². The van der Waals surface area contributed by atoms with Crippen LogP contribution in [0.1, 0.15) is 35.6 Å². The van der Waals surface area contributed by atoms with Crippen LogP contribution in [-0.2, 0) is 11.4 Å². The van der Waals surface area contributed by atoms with Crippen molar-refractivity contribution in [3.63, 3.8) is 0 Å². The van der Waals surface area contributed by atoms with Crippen LogP contribution in [0, 0.1) is 6.92 Å². The number of rotatable bonds is 7. The number of carbonyl (C=O) groups is 1. The summed E-state index contributed by atoms with van der Waals surface area (Å²) in [4.78, 5) is 26.0. The van der Waals surface area contributed by atoms with Crippen molar-refractivity contribution in [1.82, 2.24) is 30.0 Å². The number of amides is 1. The second-order valence-electron chi connectivity index (χ2n) is 8.55. The van der Waals surface area contributed by atoms with Gasteiger partial charge in [0.2, 0.25) is 5.91 Å². The molecule has 5 rings (SSSR count). The number of hydrogen-bond donors (Lipinski definition) is 3. The first-order chi connectivity index (χ1) is 17.0. The van der Waals surface area contributed by atoms with E-state index in [-0.39, 0.29) is 5.91 Å². The number of aromatic amines is 2. The molecule has 4 aromatic rings. The Morgan fingerprint density at radius 2 is 2.14 bits per heavy atom. The number of carbonyl (C=O) groups excluding carboxylic acids is 1. The highest BCUT2D eigenvalue weighted by Crippen LogP contribution is 2.37. The molecule has 1 fully saturated rings. The van der Waals surface area contributed by atoms with E-state index in [9.17, 15) is 4.79 Å². The number of aromatic nitrogens is 5. The fraction of sp³-hybridized carbons (Fsp3) is 0.280. The van der Waals surface area contributed by atoms with Gasteiger partial charge in [-0.2, -0.15) is 5.10 Å². The summed E-state index contributed by atoms with van der Waals surface area (Å²) in [6, 6.07) is 5.56. The number of nitrogens with one attached hydrogen (secondary N) is 3. The highest BCUT2D eigenvalue weighted by Gasteiger charge is 2.26. The van der Waals surface area contributed by atoms with Gasteiger partial charge in [-0.3, -0.25) is 9.89 Å². The fourth-order valence-corrected chi connectivity index (χ4v) is 4.70. The van der Waals surface area contributed by atoms with Crippen LogP contribution in [0.5, 0.6) is 5.75 Å². The molecule has 35 heavy (non-hydrogen) atoms. The quantitative estimate of drug-likeness (QED) is 0.318. The molecule has 10 heteroatoms. The predicted octanol–water partition coefficient (Wildman–Crippen LogP) is 4.86. The van der Waals surface area contributed by atoms with Crippen LogP contribution in [-0.4, -0.2) is 49.0 Å². The van der Waals surface area contributed by atoms with Gasteiger partial charge in [-0.05, 0) is 55.5 Å². The molecule has 1 aliphatic rings. The minimum absolute atomic E-state index is 0.0164. The van der Waals surface area contributed by atoms with Crippen molar-refractivity contribution < 1.29 is 9.53 Å². The van der Waals surface area contributed by atoms with Crippen molar-refractivity contribution in [1.29, 1.82) is 0 Å². The standard InChI is InChI=1S/C25H26ClN7O2/c1-3-22(34)33-8-6-16(7-9-33)19-12-27-24-23(19)25(29-14-28-24)31-18-4-5-21(20(26)10-18)35-13-17-11-30-32-15(17)2/h3-5,10-12,14,16H,1,6-9,13H2,2H3,(H,30,32)(H2,27,28,29,31). The lowest BCUT2D eigenvalue weighted by Crippen LogP contribution is -2.36. The third-order valence-corrected chi connectivity index (χ3v) is 6.73. The molecule has 3 aromatic heterocycles. The van der Waals surface area contributed by atoms with E-state index in [1.54, 1.807) is 0 Å². The van der Waals surface area contributed by atoms with Gasteiger partial charge >= 0.3 is 0 Å². The van der Waals surface area contributed by atoms with E-state index in [0.717, 1.165) is 46.4 Å². The van der Waals surface area contributed by atoms with Gasteiger partial charge in [0, 0.05) is 36.7 Å². The van der Waals surface area contributed by atoms with Gasteiger partial charge in [0.1, 0.15) is 30.1 Å². The Hall–Kier alpha value is -3.85. The van der Waals surface area contributed by atoms with Crippen molar-refractivity contribution >= 4 is 40.0 Å². The minimum atomic E-state index is -0.0164. The first-order valence-corrected chi connectivity index (χ1v) is 11.8. The zero-order valence-corrected chi connectivity index (χ0v) is 20.1. The van der Waals surface area contributed by atoms with Gasteiger partial charge in [-0.15, -0.1) is 0 Å². The summed E-state index contributed by atoms with van der Waals surface area (Å²) in [5.74, 6) is 1.58. The first kappa shape index (κ1) is 22.9. The summed E-state index contributed by atoms with van der Waals surface area (Å²) in [6.45, 7) is 7.30. The van der Waals surface area contributed by atoms with Crippen molar-refractivity contribution in [2.24, 2.45) is 0 Å². The van der Waals surface area contributed by atoms with Gasteiger partial charge in [0.05, 0.1) is 16.1 Å².